The lowest BCUT2D eigenvalue weighted by atomic mass is 10.1. The summed E-state index contributed by atoms with van der Waals surface area (Å²) >= 11 is 5.71. The lowest BCUT2D eigenvalue weighted by molar-refractivity contribution is -0.384. The van der Waals surface area contributed by atoms with E-state index >= 15 is 0 Å². The number of anilines is 1. The zero-order valence-corrected chi connectivity index (χ0v) is 9.26. The third-order valence-electron chi connectivity index (χ3n) is 2.12. The van der Waals surface area contributed by atoms with Gasteiger partial charge in [-0.05, 0) is 18.2 Å². The largest absolute Gasteiger partial charge is 0.382 e. The highest BCUT2D eigenvalue weighted by atomic mass is 35.5. The van der Waals surface area contributed by atoms with E-state index < -0.39 is 4.92 Å². The van der Waals surface area contributed by atoms with E-state index in [0.717, 1.165) is 0 Å². The molecule has 1 aromatic heterocycles. The molecule has 0 fully saturated rings. The van der Waals surface area contributed by atoms with Gasteiger partial charge < -0.3 is 5.73 Å². The van der Waals surface area contributed by atoms with Gasteiger partial charge in [-0.25, -0.2) is 0 Å². The molecule has 86 valence electrons. The van der Waals surface area contributed by atoms with Crippen LogP contribution in [0, 0.1) is 10.1 Å². The minimum Gasteiger partial charge on any atom is -0.382 e. The topological polar surface area (TPSA) is 94.9 Å². The van der Waals surface area contributed by atoms with Crippen LogP contribution >= 0.6 is 11.6 Å². The molecule has 7 heteroatoms. The number of halogens is 1. The summed E-state index contributed by atoms with van der Waals surface area (Å²) in [7, 11) is 0. The van der Waals surface area contributed by atoms with Crippen molar-refractivity contribution < 1.29 is 4.92 Å². The highest BCUT2D eigenvalue weighted by molar-refractivity contribution is 6.32. The number of benzene rings is 1. The predicted octanol–water partition coefficient (Wildman–Crippen LogP) is 2.29. The molecule has 2 N–H and O–H groups in total. The summed E-state index contributed by atoms with van der Waals surface area (Å²) in [5.41, 5.74) is 6.30. The van der Waals surface area contributed by atoms with Crippen LogP contribution < -0.4 is 5.73 Å². The van der Waals surface area contributed by atoms with Crippen molar-refractivity contribution in [2.24, 2.45) is 0 Å². The summed E-state index contributed by atoms with van der Waals surface area (Å²) in [4.78, 5) is 10.2. The van der Waals surface area contributed by atoms with Gasteiger partial charge in [0, 0.05) is 11.6 Å². The molecule has 2 aromatic rings. The van der Waals surface area contributed by atoms with Gasteiger partial charge in [0.1, 0.15) is 10.8 Å². The van der Waals surface area contributed by atoms with Crippen LogP contribution in [0.5, 0.6) is 0 Å². The van der Waals surface area contributed by atoms with Gasteiger partial charge in [-0.15, -0.1) is 10.2 Å². The van der Waals surface area contributed by atoms with Crippen LogP contribution in [-0.4, -0.2) is 15.1 Å². The van der Waals surface area contributed by atoms with Gasteiger partial charge in [0.05, 0.1) is 10.6 Å². The minimum atomic E-state index is -0.545. The van der Waals surface area contributed by atoms with Crippen LogP contribution in [0.3, 0.4) is 0 Å². The first-order chi connectivity index (χ1) is 8.08. The molecule has 0 aliphatic carbocycles. The molecule has 0 amide bonds. The van der Waals surface area contributed by atoms with Gasteiger partial charge in [-0.3, -0.25) is 10.1 Å². The van der Waals surface area contributed by atoms with E-state index in [9.17, 15) is 10.1 Å². The standard InChI is InChI=1S/C10H7ClN4O2/c11-7-2-1-6(5-9(7)15(16)17)8-3-4-10(12)14-13-8/h1-5H,(H2,12,14). The van der Waals surface area contributed by atoms with Crippen molar-refractivity contribution in [3.63, 3.8) is 0 Å². The highest BCUT2D eigenvalue weighted by Crippen LogP contribution is 2.29. The Bertz CT molecular complexity index is 571. The Morgan fingerprint density at radius 2 is 2.00 bits per heavy atom. The first kappa shape index (κ1) is 11.3. The number of aromatic nitrogens is 2. The molecule has 1 aromatic carbocycles. The van der Waals surface area contributed by atoms with E-state index in [4.69, 9.17) is 17.3 Å². The normalized spacial score (nSPS) is 10.2. The third-order valence-corrected chi connectivity index (χ3v) is 2.44. The number of nitro groups is 1. The minimum absolute atomic E-state index is 0.0853. The SMILES string of the molecule is Nc1ccc(-c2ccc(Cl)c([N+](=O)[O-])c2)nn1. The van der Waals surface area contributed by atoms with Crippen LogP contribution in [0.2, 0.25) is 5.02 Å². The molecule has 0 saturated carbocycles. The molecule has 6 nitrogen and oxygen atoms in total. The number of nitro benzene ring substituents is 1. The van der Waals surface area contributed by atoms with Crippen molar-refractivity contribution in [1.29, 1.82) is 0 Å². The average Bonchev–Trinajstić information content (AvgIpc) is 2.30. The zero-order valence-electron chi connectivity index (χ0n) is 8.50. The van der Waals surface area contributed by atoms with Gasteiger partial charge in [0.2, 0.25) is 0 Å². The van der Waals surface area contributed by atoms with E-state index in [2.05, 4.69) is 10.2 Å². The quantitative estimate of drug-likeness (QED) is 0.652. The van der Waals surface area contributed by atoms with Crippen LogP contribution in [0.25, 0.3) is 11.3 Å². The Balaban J connectivity index is 2.50. The van der Waals surface area contributed by atoms with Gasteiger partial charge >= 0.3 is 0 Å². The molecule has 2 rings (SSSR count). The Labute approximate surface area is 101 Å². The van der Waals surface area contributed by atoms with E-state index in [-0.39, 0.29) is 16.5 Å². The summed E-state index contributed by atoms with van der Waals surface area (Å²) in [5.74, 6) is 0.289. The van der Waals surface area contributed by atoms with Crippen molar-refractivity contribution in [1.82, 2.24) is 10.2 Å². The molecule has 0 spiro atoms. The van der Waals surface area contributed by atoms with Crippen LogP contribution in [0.15, 0.2) is 30.3 Å². The second-order valence-electron chi connectivity index (χ2n) is 3.27. The first-order valence-electron chi connectivity index (χ1n) is 4.61. The van der Waals surface area contributed by atoms with Gasteiger partial charge in [0.15, 0.2) is 0 Å². The van der Waals surface area contributed by atoms with E-state index in [0.29, 0.717) is 11.3 Å². The molecule has 0 saturated heterocycles. The third kappa shape index (κ3) is 2.31. The van der Waals surface area contributed by atoms with Gasteiger partial charge in [0.25, 0.3) is 5.69 Å². The summed E-state index contributed by atoms with van der Waals surface area (Å²) in [6, 6.07) is 7.64. The maximum absolute atomic E-state index is 10.7. The number of nitrogens with two attached hydrogens (primary N) is 1. The molecule has 0 bridgehead atoms. The fourth-order valence-corrected chi connectivity index (χ4v) is 1.50. The molecule has 0 unspecified atom stereocenters. The molecule has 0 radical (unpaired) electrons. The van der Waals surface area contributed by atoms with Gasteiger partial charge in [-0.1, -0.05) is 17.7 Å². The van der Waals surface area contributed by atoms with Crippen LogP contribution in [0.1, 0.15) is 0 Å². The van der Waals surface area contributed by atoms with E-state index in [1.54, 1.807) is 18.2 Å². The number of nitrogen functional groups attached to an aromatic ring is 1. The van der Waals surface area contributed by atoms with Crippen molar-refractivity contribution in [3.05, 3.63) is 45.5 Å². The van der Waals surface area contributed by atoms with Crippen molar-refractivity contribution in [2.75, 3.05) is 5.73 Å². The lowest BCUT2D eigenvalue weighted by Crippen LogP contribution is -1.95. The Kier molecular flexibility index (Phi) is 2.88. The van der Waals surface area contributed by atoms with E-state index in [1.165, 1.54) is 12.1 Å². The molecule has 1 heterocycles. The molecule has 0 aliphatic heterocycles. The Morgan fingerprint density at radius 3 is 2.59 bits per heavy atom. The van der Waals surface area contributed by atoms with Gasteiger partial charge in [-0.2, -0.15) is 0 Å². The zero-order chi connectivity index (χ0) is 12.4. The fourth-order valence-electron chi connectivity index (χ4n) is 1.31. The summed E-state index contributed by atoms with van der Waals surface area (Å²) in [6.45, 7) is 0. The van der Waals surface area contributed by atoms with Crippen molar-refractivity contribution in [2.45, 2.75) is 0 Å². The van der Waals surface area contributed by atoms with Crippen LogP contribution in [0.4, 0.5) is 11.5 Å². The molecule has 0 aliphatic rings. The average molecular weight is 251 g/mol. The molecular formula is C10H7ClN4O2. The second-order valence-corrected chi connectivity index (χ2v) is 3.67. The summed E-state index contributed by atoms with van der Waals surface area (Å²) < 4.78 is 0. The molecule has 17 heavy (non-hydrogen) atoms. The molecular weight excluding hydrogens is 244 g/mol. The summed E-state index contributed by atoms with van der Waals surface area (Å²) in [5, 5.41) is 18.3. The van der Waals surface area contributed by atoms with Crippen LogP contribution in [-0.2, 0) is 0 Å². The molecule has 0 atom stereocenters. The second kappa shape index (κ2) is 4.34. The highest BCUT2D eigenvalue weighted by Gasteiger charge is 2.14. The fraction of sp³-hybridized carbons (Fsp3) is 0. The number of nitrogens with zero attached hydrogens (tertiary/aromatic N) is 3. The summed E-state index contributed by atoms with van der Waals surface area (Å²) in [6.07, 6.45) is 0. The first-order valence-corrected chi connectivity index (χ1v) is 4.99. The smallest absolute Gasteiger partial charge is 0.288 e. The Morgan fingerprint density at radius 1 is 1.24 bits per heavy atom. The maximum atomic E-state index is 10.7. The maximum Gasteiger partial charge on any atom is 0.288 e. The van der Waals surface area contributed by atoms with E-state index in [1.807, 2.05) is 0 Å². The van der Waals surface area contributed by atoms with Crippen molar-refractivity contribution in [3.8, 4) is 11.3 Å². The lowest BCUT2D eigenvalue weighted by Gasteiger charge is -2.01. The number of rotatable bonds is 2. The predicted molar refractivity (Wildman–Crippen MR) is 63.5 cm³/mol. The number of hydrogen-bond donors (Lipinski definition) is 1. The van der Waals surface area contributed by atoms with Crippen molar-refractivity contribution >= 4 is 23.1 Å². The monoisotopic (exact) mass is 250 g/mol. The Hall–Kier alpha value is -2.21. The number of hydrogen-bond acceptors (Lipinski definition) is 5.